The van der Waals surface area contributed by atoms with Crippen LogP contribution < -0.4 is 5.32 Å². The number of benzene rings is 3. The summed E-state index contributed by atoms with van der Waals surface area (Å²) in [5.41, 5.74) is 4.36. The van der Waals surface area contributed by atoms with Gasteiger partial charge in [-0.15, -0.1) is 0 Å². The molecule has 0 atom stereocenters. The Morgan fingerprint density at radius 3 is 2.00 bits per heavy atom. The molecule has 5 aromatic rings. The molecular weight excluding hydrogens is 374 g/mol. The van der Waals surface area contributed by atoms with E-state index >= 15 is 0 Å². The van der Waals surface area contributed by atoms with Crippen molar-refractivity contribution >= 4 is 28.1 Å². The third kappa shape index (κ3) is 3.62. The largest absolute Gasteiger partial charge is 0.359 e. The molecule has 0 bridgehead atoms. The molecule has 0 aliphatic heterocycles. The van der Waals surface area contributed by atoms with Gasteiger partial charge in [0.05, 0.1) is 11.6 Å². The van der Waals surface area contributed by atoms with Crippen LogP contribution >= 0.6 is 11.3 Å². The first kappa shape index (κ1) is 17.6. The van der Waals surface area contributed by atoms with Crippen LogP contribution in [-0.2, 0) is 0 Å². The monoisotopic (exact) mass is 393 g/mol. The Morgan fingerprint density at radius 1 is 0.690 bits per heavy atom. The molecule has 0 saturated carbocycles. The maximum absolute atomic E-state index is 4.92. The van der Waals surface area contributed by atoms with Crippen LogP contribution in [0.5, 0.6) is 0 Å². The highest BCUT2D eigenvalue weighted by molar-refractivity contribution is 7.08. The quantitative estimate of drug-likeness (QED) is 0.367. The maximum atomic E-state index is 4.92. The Kier molecular flexibility index (Phi) is 4.76. The second-order valence-corrected chi connectivity index (χ2v) is 7.60. The van der Waals surface area contributed by atoms with Crippen LogP contribution in [0.4, 0.5) is 5.82 Å². The Morgan fingerprint density at radius 2 is 1.34 bits per heavy atom. The molecule has 0 spiro atoms. The molecule has 0 radical (unpaired) electrons. The van der Waals surface area contributed by atoms with Gasteiger partial charge in [0.25, 0.3) is 0 Å². The SMILES string of the molecule is c1ccc(C(Nc2nc(-c3ccsc3)nc3ccccc23)c2ccccc2)cc1. The van der Waals surface area contributed by atoms with E-state index in [2.05, 4.69) is 76.7 Å². The van der Waals surface area contributed by atoms with E-state index in [9.17, 15) is 0 Å². The number of para-hydroxylation sites is 1. The topological polar surface area (TPSA) is 37.8 Å². The van der Waals surface area contributed by atoms with Crippen LogP contribution in [0.2, 0.25) is 0 Å². The van der Waals surface area contributed by atoms with Crippen LogP contribution in [-0.4, -0.2) is 9.97 Å². The smallest absolute Gasteiger partial charge is 0.162 e. The number of hydrogen-bond acceptors (Lipinski definition) is 4. The fourth-order valence-electron chi connectivity index (χ4n) is 3.49. The first-order valence-corrected chi connectivity index (χ1v) is 10.5. The highest BCUT2D eigenvalue weighted by Crippen LogP contribution is 2.31. The van der Waals surface area contributed by atoms with Gasteiger partial charge in [-0.05, 0) is 34.7 Å². The van der Waals surface area contributed by atoms with E-state index < -0.39 is 0 Å². The molecule has 0 aliphatic carbocycles. The Hall–Kier alpha value is -3.50. The number of thiophene rings is 1. The summed E-state index contributed by atoms with van der Waals surface area (Å²) in [4.78, 5) is 9.71. The molecule has 1 N–H and O–H groups in total. The van der Waals surface area contributed by atoms with Gasteiger partial charge in [-0.1, -0.05) is 72.8 Å². The van der Waals surface area contributed by atoms with Gasteiger partial charge in [-0.3, -0.25) is 0 Å². The van der Waals surface area contributed by atoms with Crippen molar-refractivity contribution in [3.63, 3.8) is 0 Å². The minimum atomic E-state index is -0.00830. The number of rotatable bonds is 5. The predicted octanol–water partition coefficient (Wildman–Crippen LogP) is 6.56. The molecule has 2 heterocycles. The lowest BCUT2D eigenvalue weighted by Crippen LogP contribution is -2.14. The maximum Gasteiger partial charge on any atom is 0.162 e. The molecule has 0 fully saturated rings. The summed E-state index contributed by atoms with van der Waals surface area (Å²) in [5, 5.41) is 8.86. The van der Waals surface area contributed by atoms with E-state index in [0.29, 0.717) is 0 Å². The molecular formula is C25H19N3S. The Labute approximate surface area is 173 Å². The molecule has 0 aliphatic rings. The highest BCUT2D eigenvalue weighted by Gasteiger charge is 2.17. The fourth-order valence-corrected chi connectivity index (χ4v) is 4.13. The molecule has 140 valence electrons. The summed E-state index contributed by atoms with van der Waals surface area (Å²) in [7, 11) is 0. The van der Waals surface area contributed by atoms with Gasteiger partial charge in [0, 0.05) is 16.3 Å². The number of anilines is 1. The third-order valence-corrected chi connectivity index (χ3v) is 5.61. The summed E-state index contributed by atoms with van der Waals surface area (Å²) < 4.78 is 0. The van der Waals surface area contributed by atoms with Crippen molar-refractivity contribution in [1.82, 2.24) is 9.97 Å². The van der Waals surface area contributed by atoms with Gasteiger partial charge < -0.3 is 5.32 Å². The summed E-state index contributed by atoms with van der Waals surface area (Å²) in [6.45, 7) is 0. The lowest BCUT2D eigenvalue weighted by molar-refractivity contribution is 0.928. The zero-order valence-corrected chi connectivity index (χ0v) is 16.5. The molecule has 29 heavy (non-hydrogen) atoms. The van der Waals surface area contributed by atoms with E-state index in [1.165, 1.54) is 11.1 Å². The second kappa shape index (κ2) is 7.86. The summed E-state index contributed by atoms with van der Waals surface area (Å²) in [5.74, 6) is 1.59. The molecule has 4 heteroatoms. The number of aromatic nitrogens is 2. The van der Waals surface area contributed by atoms with Crippen molar-refractivity contribution in [2.45, 2.75) is 6.04 Å². The van der Waals surface area contributed by atoms with E-state index in [-0.39, 0.29) is 6.04 Å². The predicted molar refractivity (Wildman–Crippen MR) is 121 cm³/mol. The Balaban J connectivity index is 1.65. The van der Waals surface area contributed by atoms with Crippen molar-refractivity contribution in [3.8, 4) is 11.4 Å². The van der Waals surface area contributed by atoms with Gasteiger partial charge in [0.1, 0.15) is 5.82 Å². The average Bonchev–Trinajstić information content (AvgIpc) is 3.33. The number of fused-ring (bicyclic) bond motifs is 1. The van der Waals surface area contributed by atoms with E-state index in [1.807, 2.05) is 30.3 Å². The zero-order valence-electron chi connectivity index (χ0n) is 15.7. The summed E-state index contributed by atoms with van der Waals surface area (Å²) >= 11 is 1.65. The minimum absolute atomic E-state index is 0.00830. The first-order chi connectivity index (χ1) is 14.4. The standard InChI is InChI=1S/C25H19N3S/c1-3-9-18(10-4-1)23(19-11-5-2-6-12-19)27-25-21-13-7-8-14-22(21)26-24(28-25)20-15-16-29-17-20/h1-17,23H,(H,26,27,28). The van der Waals surface area contributed by atoms with Gasteiger partial charge in [-0.25, -0.2) is 9.97 Å². The van der Waals surface area contributed by atoms with E-state index in [1.54, 1.807) is 11.3 Å². The molecule has 0 amide bonds. The zero-order chi connectivity index (χ0) is 19.5. The van der Waals surface area contributed by atoms with Crippen LogP contribution in [0.25, 0.3) is 22.3 Å². The summed E-state index contributed by atoms with van der Waals surface area (Å²) in [6.07, 6.45) is 0. The lowest BCUT2D eigenvalue weighted by Gasteiger charge is -2.21. The number of hydrogen-bond donors (Lipinski definition) is 1. The Bertz CT molecular complexity index is 1180. The van der Waals surface area contributed by atoms with Crippen LogP contribution in [0.1, 0.15) is 17.2 Å². The van der Waals surface area contributed by atoms with Gasteiger partial charge in [0.15, 0.2) is 5.82 Å². The lowest BCUT2D eigenvalue weighted by atomic mass is 9.98. The van der Waals surface area contributed by atoms with Crippen molar-refractivity contribution < 1.29 is 0 Å². The molecule has 0 saturated heterocycles. The second-order valence-electron chi connectivity index (χ2n) is 6.82. The van der Waals surface area contributed by atoms with Crippen molar-refractivity contribution in [2.24, 2.45) is 0 Å². The van der Waals surface area contributed by atoms with Crippen molar-refractivity contribution in [2.75, 3.05) is 5.32 Å². The van der Waals surface area contributed by atoms with Gasteiger partial charge >= 0.3 is 0 Å². The number of nitrogens with one attached hydrogen (secondary N) is 1. The van der Waals surface area contributed by atoms with Crippen LogP contribution in [0.15, 0.2) is 102 Å². The van der Waals surface area contributed by atoms with Gasteiger partial charge in [-0.2, -0.15) is 11.3 Å². The highest BCUT2D eigenvalue weighted by atomic mass is 32.1. The molecule has 3 nitrogen and oxygen atoms in total. The van der Waals surface area contributed by atoms with Gasteiger partial charge in [0.2, 0.25) is 0 Å². The van der Waals surface area contributed by atoms with Crippen LogP contribution in [0, 0.1) is 0 Å². The number of nitrogens with zero attached hydrogens (tertiary/aromatic N) is 2. The van der Waals surface area contributed by atoms with E-state index in [4.69, 9.17) is 9.97 Å². The first-order valence-electron chi connectivity index (χ1n) is 9.54. The molecule has 5 rings (SSSR count). The normalized spacial score (nSPS) is 11.1. The molecule has 3 aromatic carbocycles. The minimum Gasteiger partial charge on any atom is -0.359 e. The van der Waals surface area contributed by atoms with E-state index in [0.717, 1.165) is 28.1 Å². The average molecular weight is 394 g/mol. The summed E-state index contributed by atoms with van der Waals surface area (Å²) in [6, 6.07) is 31.2. The third-order valence-electron chi connectivity index (χ3n) is 4.93. The molecule has 2 aromatic heterocycles. The van der Waals surface area contributed by atoms with Crippen molar-refractivity contribution in [3.05, 3.63) is 113 Å². The fraction of sp³-hybridized carbons (Fsp3) is 0.0400. The van der Waals surface area contributed by atoms with Crippen LogP contribution in [0.3, 0.4) is 0 Å². The van der Waals surface area contributed by atoms with Crippen molar-refractivity contribution in [1.29, 1.82) is 0 Å². The molecule has 0 unspecified atom stereocenters.